The van der Waals surface area contributed by atoms with Crippen LogP contribution in [0.5, 0.6) is 0 Å². The molecule has 0 spiro atoms. The fourth-order valence-electron chi connectivity index (χ4n) is 3.18. The Hall–Kier alpha value is -0.120. The first kappa shape index (κ1) is 18.9. The van der Waals surface area contributed by atoms with Crippen LogP contribution >= 0.6 is 0 Å². The fraction of sp³-hybridized carbons (Fsp3) is 1.00. The highest BCUT2D eigenvalue weighted by Crippen LogP contribution is 2.24. The van der Waals surface area contributed by atoms with Gasteiger partial charge in [0.05, 0.1) is 24.9 Å². The van der Waals surface area contributed by atoms with Crippen LogP contribution in [0.15, 0.2) is 0 Å². The smallest absolute Gasteiger partial charge is 0.0839 e. The van der Waals surface area contributed by atoms with Crippen molar-refractivity contribution in [1.29, 1.82) is 0 Å². The zero-order valence-electron chi connectivity index (χ0n) is 13.9. The third-order valence-corrected chi connectivity index (χ3v) is 4.63. The molecule has 1 saturated heterocycles. The summed E-state index contributed by atoms with van der Waals surface area (Å²) in [5.74, 6) is 0. The molecule has 0 radical (unpaired) electrons. The molecule has 1 aliphatic heterocycles. The average molecular weight is 300 g/mol. The van der Waals surface area contributed by atoms with Crippen molar-refractivity contribution in [2.24, 2.45) is 0 Å². The second-order valence-electron chi connectivity index (χ2n) is 6.59. The first-order chi connectivity index (χ1) is 10.3. The molecule has 1 heterocycles. The van der Waals surface area contributed by atoms with Gasteiger partial charge in [-0.1, -0.05) is 71.1 Å². The SMILES string of the molecule is CCCCCCCCCCCC[C@@H](O)[C@H]1CC[C@@H](CO)O1. The molecule has 0 unspecified atom stereocenters. The van der Waals surface area contributed by atoms with Crippen molar-refractivity contribution < 1.29 is 14.9 Å². The first-order valence-electron chi connectivity index (χ1n) is 9.22. The van der Waals surface area contributed by atoms with Gasteiger partial charge >= 0.3 is 0 Å². The van der Waals surface area contributed by atoms with E-state index in [2.05, 4.69) is 6.92 Å². The first-order valence-corrected chi connectivity index (χ1v) is 9.22. The lowest BCUT2D eigenvalue weighted by Crippen LogP contribution is -2.27. The minimum atomic E-state index is -0.337. The number of rotatable bonds is 13. The van der Waals surface area contributed by atoms with E-state index < -0.39 is 0 Å². The zero-order valence-corrected chi connectivity index (χ0v) is 13.9. The molecule has 0 aliphatic carbocycles. The van der Waals surface area contributed by atoms with Gasteiger partial charge in [0.2, 0.25) is 0 Å². The molecule has 0 aromatic rings. The Bertz CT molecular complexity index is 233. The molecule has 1 rings (SSSR count). The maximum atomic E-state index is 10.1. The number of aliphatic hydroxyl groups is 2. The summed E-state index contributed by atoms with van der Waals surface area (Å²) in [4.78, 5) is 0. The molecule has 3 nitrogen and oxygen atoms in total. The summed E-state index contributed by atoms with van der Waals surface area (Å²) in [6, 6.07) is 0. The van der Waals surface area contributed by atoms with Crippen LogP contribution in [0.4, 0.5) is 0 Å². The number of aliphatic hydroxyl groups excluding tert-OH is 2. The lowest BCUT2D eigenvalue weighted by molar-refractivity contribution is -0.0516. The molecule has 21 heavy (non-hydrogen) atoms. The van der Waals surface area contributed by atoms with Gasteiger partial charge in [-0.15, -0.1) is 0 Å². The van der Waals surface area contributed by atoms with E-state index in [1.807, 2.05) is 0 Å². The van der Waals surface area contributed by atoms with Crippen molar-refractivity contribution in [2.75, 3.05) is 6.61 Å². The van der Waals surface area contributed by atoms with Crippen molar-refractivity contribution in [2.45, 2.75) is 109 Å². The van der Waals surface area contributed by atoms with Crippen molar-refractivity contribution in [3.05, 3.63) is 0 Å². The molecule has 3 atom stereocenters. The standard InChI is InChI=1S/C18H36O3/c1-2-3-4-5-6-7-8-9-10-11-12-17(20)18-14-13-16(15-19)21-18/h16-20H,2-15H2,1H3/t16-,17+,18+/m0/s1. The van der Waals surface area contributed by atoms with E-state index in [0.29, 0.717) is 0 Å². The van der Waals surface area contributed by atoms with Crippen molar-refractivity contribution in [1.82, 2.24) is 0 Å². The second kappa shape index (κ2) is 12.4. The van der Waals surface area contributed by atoms with E-state index in [-0.39, 0.29) is 24.9 Å². The normalized spacial score (nSPS) is 23.6. The summed E-state index contributed by atoms with van der Waals surface area (Å²) in [6.45, 7) is 2.34. The van der Waals surface area contributed by atoms with Gasteiger partial charge < -0.3 is 14.9 Å². The lowest BCUT2D eigenvalue weighted by atomic mass is 10.0. The van der Waals surface area contributed by atoms with Crippen molar-refractivity contribution in [3.8, 4) is 0 Å². The summed E-state index contributed by atoms with van der Waals surface area (Å²) in [5.41, 5.74) is 0. The Morgan fingerprint density at radius 1 is 0.905 bits per heavy atom. The zero-order chi connectivity index (χ0) is 15.3. The minimum absolute atomic E-state index is 0.0410. The molecule has 1 aliphatic rings. The van der Waals surface area contributed by atoms with Gasteiger partial charge in [-0.05, 0) is 19.3 Å². The van der Waals surface area contributed by atoms with Gasteiger partial charge in [0.1, 0.15) is 0 Å². The van der Waals surface area contributed by atoms with Crippen molar-refractivity contribution in [3.63, 3.8) is 0 Å². The van der Waals surface area contributed by atoms with E-state index >= 15 is 0 Å². The highest BCUT2D eigenvalue weighted by Gasteiger charge is 2.29. The quantitative estimate of drug-likeness (QED) is 0.501. The summed E-state index contributed by atoms with van der Waals surface area (Å²) in [5, 5.41) is 19.1. The topological polar surface area (TPSA) is 49.7 Å². The van der Waals surface area contributed by atoms with Crippen molar-refractivity contribution >= 4 is 0 Å². The Kier molecular flexibility index (Phi) is 11.2. The number of ether oxygens (including phenoxy) is 1. The Morgan fingerprint density at radius 3 is 2.00 bits per heavy atom. The molecule has 0 bridgehead atoms. The van der Waals surface area contributed by atoms with Crippen LogP contribution in [0.2, 0.25) is 0 Å². The molecule has 0 amide bonds. The number of hydrogen-bond donors (Lipinski definition) is 2. The van der Waals surface area contributed by atoms with E-state index in [9.17, 15) is 5.11 Å². The van der Waals surface area contributed by atoms with Gasteiger partial charge in [-0.25, -0.2) is 0 Å². The molecule has 0 saturated carbocycles. The Labute approximate surface area is 131 Å². The minimum Gasteiger partial charge on any atom is -0.394 e. The molecule has 0 aromatic heterocycles. The van der Waals surface area contributed by atoms with E-state index in [0.717, 1.165) is 25.7 Å². The van der Waals surface area contributed by atoms with Crippen LogP contribution in [0.3, 0.4) is 0 Å². The van der Waals surface area contributed by atoms with Crippen LogP contribution < -0.4 is 0 Å². The maximum Gasteiger partial charge on any atom is 0.0839 e. The fourth-order valence-corrected chi connectivity index (χ4v) is 3.18. The maximum absolute atomic E-state index is 10.1. The van der Waals surface area contributed by atoms with Crippen LogP contribution in [0.1, 0.15) is 90.4 Å². The third kappa shape index (κ3) is 8.80. The van der Waals surface area contributed by atoms with Gasteiger partial charge in [0, 0.05) is 0 Å². The highest BCUT2D eigenvalue weighted by atomic mass is 16.5. The van der Waals surface area contributed by atoms with Crippen LogP contribution in [0, 0.1) is 0 Å². The largest absolute Gasteiger partial charge is 0.394 e. The van der Waals surface area contributed by atoms with Crippen LogP contribution in [-0.2, 0) is 4.74 Å². The summed E-state index contributed by atoms with van der Waals surface area (Å²) in [6.07, 6.45) is 15.4. The van der Waals surface area contributed by atoms with Gasteiger partial charge in [0.25, 0.3) is 0 Å². The Morgan fingerprint density at radius 2 is 1.48 bits per heavy atom. The average Bonchev–Trinajstić information content (AvgIpc) is 2.98. The second-order valence-corrected chi connectivity index (χ2v) is 6.59. The monoisotopic (exact) mass is 300 g/mol. The highest BCUT2D eigenvalue weighted by molar-refractivity contribution is 4.78. The van der Waals surface area contributed by atoms with E-state index in [4.69, 9.17) is 9.84 Å². The Balaban J connectivity index is 1.85. The van der Waals surface area contributed by atoms with E-state index in [1.165, 1.54) is 57.8 Å². The molecular weight excluding hydrogens is 264 g/mol. The van der Waals surface area contributed by atoms with Gasteiger partial charge in [0.15, 0.2) is 0 Å². The molecular formula is C18H36O3. The summed E-state index contributed by atoms with van der Waals surface area (Å²) >= 11 is 0. The molecule has 3 heteroatoms. The summed E-state index contributed by atoms with van der Waals surface area (Å²) < 4.78 is 5.61. The third-order valence-electron chi connectivity index (χ3n) is 4.63. The van der Waals surface area contributed by atoms with E-state index in [1.54, 1.807) is 0 Å². The molecule has 126 valence electrons. The molecule has 0 aromatic carbocycles. The van der Waals surface area contributed by atoms with Gasteiger partial charge in [-0.3, -0.25) is 0 Å². The lowest BCUT2D eigenvalue weighted by Gasteiger charge is -2.18. The summed E-state index contributed by atoms with van der Waals surface area (Å²) in [7, 11) is 0. The predicted molar refractivity (Wildman–Crippen MR) is 87.4 cm³/mol. The van der Waals surface area contributed by atoms with Crippen LogP contribution in [-0.4, -0.2) is 35.1 Å². The molecule has 2 N–H and O–H groups in total. The van der Waals surface area contributed by atoms with Gasteiger partial charge in [-0.2, -0.15) is 0 Å². The van der Waals surface area contributed by atoms with Crippen LogP contribution in [0.25, 0.3) is 0 Å². The number of hydrogen-bond acceptors (Lipinski definition) is 3. The molecule has 1 fully saturated rings. The number of unbranched alkanes of at least 4 members (excludes halogenated alkanes) is 9. The predicted octanol–water partition coefficient (Wildman–Crippen LogP) is 4.20.